The number of aromatic nitrogens is 2. The van der Waals surface area contributed by atoms with Gasteiger partial charge in [0.1, 0.15) is 17.6 Å². The van der Waals surface area contributed by atoms with Crippen LogP contribution in [-0.4, -0.2) is 16.8 Å². The molecule has 0 aliphatic carbocycles. The van der Waals surface area contributed by atoms with Gasteiger partial charge in [0, 0.05) is 12.1 Å². The van der Waals surface area contributed by atoms with Gasteiger partial charge in [-0.25, -0.2) is 0 Å². The van der Waals surface area contributed by atoms with Crippen molar-refractivity contribution in [3.8, 4) is 11.8 Å². The van der Waals surface area contributed by atoms with Gasteiger partial charge < -0.3 is 10.1 Å². The summed E-state index contributed by atoms with van der Waals surface area (Å²) in [4.78, 5) is 0. The van der Waals surface area contributed by atoms with Crippen molar-refractivity contribution in [2.24, 2.45) is 0 Å². The maximum absolute atomic E-state index is 12.3. The van der Waals surface area contributed by atoms with E-state index >= 15 is 0 Å². The number of nitrogens with one attached hydrogen (secondary N) is 1. The van der Waals surface area contributed by atoms with Crippen molar-refractivity contribution in [1.82, 2.24) is 10.2 Å². The van der Waals surface area contributed by atoms with Gasteiger partial charge in [-0.2, -0.15) is 14.0 Å². The number of halogens is 2. The first-order chi connectivity index (χ1) is 9.69. The first-order valence-electron chi connectivity index (χ1n) is 5.69. The van der Waals surface area contributed by atoms with E-state index in [4.69, 9.17) is 5.26 Å². The molecule has 1 aromatic carbocycles. The van der Waals surface area contributed by atoms with Gasteiger partial charge in [-0.1, -0.05) is 18.2 Å². The topological polar surface area (TPSA) is 70.8 Å². The van der Waals surface area contributed by atoms with Gasteiger partial charge >= 0.3 is 6.61 Å². The van der Waals surface area contributed by atoms with Gasteiger partial charge in [0.25, 0.3) is 0 Å². The van der Waals surface area contributed by atoms with Crippen molar-refractivity contribution >= 4 is 5.82 Å². The summed E-state index contributed by atoms with van der Waals surface area (Å²) in [6.07, 6.45) is 0. The van der Waals surface area contributed by atoms with Gasteiger partial charge in [0.05, 0.1) is 0 Å². The molecule has 1 aromatic heterocycles. The SMILES string of the molecule is N#Cc1ccc(NCc2ccccc2OC(F)F)nn1. The van der Waals surface area contributed by atoms with Crippen molar-refractivity contribution < 1.29 is 13.5 Å². The molecule has 0 saturated carbocycles. The number of rotatable bonds is 5. The molecule has 0 spiro atoms. The Morgan fingerprint density at radius 2 is 2.00 bits per heavy atom. The van der Waals surface area contributed by atoms with E-state index in [1.54, 1.807) is 24.3 Å². The summed E-state index contributed by atoms with van der Waals surface area (Å²) < 4.78 is 28.9. The van der Waals surface area contributed by atoms with Crippen LogP contribution in [0.2, 0.25) is 0 Å². The number of hydrogen-bond acceptors (Lipinski definition) is 5. The summed E-state index contributed by atoms with van der Waals surface area (Å²) in [5, 5.41) is 19.0. The van der Waals surface area contributed by atoms with Crippen LogP contribution in [0.15, 0.2) is 36.4 Å². The molecular formula is C13H10F2N4O. The molecule has 0 atom stereocenters. The highest BCUT2D eigenvalue weighted by Crippen LogP contribution is 2.21. The molecular weight excluding hydrogens is 266 g/mol. The molecule has 7 heteroatoms. The summed E-state index contributed by atoms with van der Waals surface area (Å²) in [6.45, 7) is -2.62. The first-order valence-corrected chi connectivity index (χ1v) is 5.69. The van der Waals surface area contributed by atoms with E-state index in [-0.39, 0.29) is 18.0 Å². The molecule has 0 bridgehead atoms. The highest BCUT2D eigenvalue weighted by Gasteiger charge is 2.09. The second kappa shape index (κ2) is 6.43. The normalized spacial score (nSPS) is 10.1. The summed E-state index contributed by atoms with van der Waals surface area (Å²) in [5.74, 6) is 0.549. The highest BCUT2D eigenvalue weighted by atomic mass is 19.3. The molecule has 1 heterocycles. The van der Waals surface area contributed by atoms with Gasteiger partial charge in [-0.15, -0.1) is 10.2 Å². The van der Waals surface area contributed by atoms with Crippen molar-refractivity contribution in [2.75, 3.05) is 5.32 Å². The first kappa shape index (κ1) is 13.7. The van der Waals surface area contributed by atoms with E-state index in [2.05, 4.69) is 20.3 Å². The van der Waals surface area contributed by atoms with E-state index in [0.717, 1.165) is 0 Å². The standard InChI is InChI=1S/C13H10F2N4O/c14-13(15)20-11-4-2-1-3-9(11)8-17-12-6-5-10(7-16)18-19-12/h1-6,13H,8H2,(H,17,19). The summed E-state index contributed by atoms with van der Waals surface area (Å²) >= 11 is 0. The zero-order chi connectivity index (χ0) is 14.4. The molecule has 0 unspecified atom stereocenters. The van der Waals surface area contributed by atoms with Crippen molar-refractivity contribution in [3.05, 3.63) is 47.7 Å². The Labute approximate surface area is 113 Å². The maximum Gasteiger partial charge on any atom is 0.387 e. The Bertz CT molecular complexity index is 611. The fraction of sp³-hybridized carbons (Fsp3) is 0.154. The third kappa shape index (κ3) is 3.62. The number of nitrogens with zero attached hydrogens (tertiary/aromatic N) is 3. The Morgan fingerprint density at radius 3 is 2.65 bits per heavy atom. The molecule has 102 valence electrons. The minimum atomic E-state index is -2.87. The number of anilines is 1. The lowest BCUT2D eigenvalue weighted by Crippen LogP contribution is -2.08. The predicted molar refractivity (Wildman–Crippen MR) is 67.1 cm³/mol. The maximum atomic E-state index is 12.3. The molecule has 20 heavy (non-hydrogen) atoms. The number of hydrogen-bond donors (Lipinski definition) is 1. The van der Waals surface area contributed by atoms with E-state index in [0.29, 0.717) is 11.4 Å². The predicted octanol–water partition coefficient (Wildman–Crippen LogP) is 2.56. The number of nitriles is 1. The summed E-state index contributed by atoms with van der Waals surface area (Å²) in [7, 11) is 0. The van der Waals surface area contributed by atoms with Gasteiger partial charge in [-0.05, 0) is 18.2 Å². The zero-order valence-corrected chi connectivity index (χ0v) is 10.3. The molecule has 0 amide bonds. The smallest absolute Gasteiger partial charge is 0.387 e. The largest absolute Gasteiger partial charge is 0.434 e. The van der Waals surface area contributed by atoms with Crippen LogP contribution in [0.1, 0.15) is 11.3 Å². The van der Waals surface area contributed by atoms with Crippen LogP contribution in [-0.2, 0) is 6.54 Å². The fourth-order valence-corrected chi connectivity index (χ4v) is 1.53. The molecule has 0 radical (unpaired) electrons. The van der Waals surface area contributed by atoms with E-state index < -0.39 is 6.61 Å². The van der Waals surface area contributed by atoms with Crippen LogP contribution in [0.5, 0.6) is 5.75 Å². The summed E-state index contributed by atoms with van der Waals surface area (Å²) in [5.41, 5.74) is 0.774. The molecule has 2 aromatic rings. The third-order valence-electron chi connectivity index (χ3n) is 2.43. The van der Waals surface area contributed by atoms with Crippen LogP contribution in [0.3, 0.4) is 0 Å². The average Bonchev–Trinajstić information content (AvgIpc) is 2.46. The quantitative estimate of drug-likeness (QED) is 0.908. The number of benzene rings is 1. The molecule has 0 aliphatic heterocycles. The Kier molecular flexibility index (Phi) is 4.39. The van der Waals surface area contributed by atoms with Crippen molar-refractivity contribution in [2.45, 2.75) is 13.2 Å². The molecule has 0 fully saturated rings. The molecule has 2 rings (SSSR count). The van der Waals surface area contributed by atoms with Crippen LogP contribution >= 0.6 is 0 Å². The number of alkyl halides is 2. The Morgan fingerprint density at radius 1 is 1.20 bits per heavy atom. The fourth-order valence-electron chi connectivity index (χ4n) is 1.53. The minimum absolute atomic E-state index is 0.108. The van der Waals surface area contributed by atoms with Crippen molar-refractivity contribution in [1.29, 1.82) is 5.26 Å². The number of ether oxygens (including phenoxy) is 1. The van der Waals surface area contributed by atoms with Gasteiger partial charge in [0.2, 0.25) is 0 Å². The van der Waals surface area contributed by atoms with Crippen molar-refractivity contribution in [3.63, 3.8) is 0 Å². The third-order valence-corrected chi connectivity index (χ3v) is 2.43. The minimum Gasteiger partial charge on any atom is -0.434 e. The molecule has 1 N–H and O–H groups in total. The Balaban J connectivity index is 2.04. The second-order valence-corrected chi connectivity index (χ2v) is 3.76. The van der Waals surface area contributed by atoms with Crippen LogP contribution < -0.4 is 10.1 Å². The van der Waals surface area contributed by atoms with Crippen LogP contribution in [0.25, 0.3) is 0 Å². The highest BCUT2D eigenvalue weighted by molar-refractivity contribution is 5.40. The van der Waals surface area contributed by atoms with Crippen LogP contribution in [0, 0.1) is 11.3 Å². The molecule has 0 aliphatic rings. The zero-order valence-electron chi connectivity index (χ0n) is 10.3. The van der Waals surface area contributed by atoms with E-state index in [9.17, 15) is 8.78 Å². The lowest BCUT2D eigenvalue weighted by Gasteiger charge is -2.11. The summed E-state index contributed by atoms with van der Waals surface area (Å²) in [6, 6.07) is 11.4. The average molecular weight is 276 g/mol. The lowest BCUT2D eigenvalue weighted by atomic mass is 10.2. The van der Waals surface area contributed by atoms with Gasteiger partial charge in [-0.3, -0.25) is 0 Å². The van der Waals surface area contributed by atoms with Gasteiger partial charge in [0.15, 0.2) is 5.69 Å². The monoisotopic (exact) mass is 276 g/mol. The number of para-hydroxylation sites is 1. The van der Waals surface area contributed by atoms with E-state index in [1.165, 1.54) is 12.1 Å². The lowest BCUT2D eigenvalue weighted by molar-refractivity contribution is -0.0504. The Hall–Kier alpha value is -2.75. The second-order valence-electron chi connectivity index (χ2n) is 3.76. The molecule has 5 nitrogen and oxygen atoms in total. The van der Waals surface area contributed by atoms with E-state index in [1.807, 2.05) is 6.07 Å². The van der Waals surface area contributed by atoms with Crippen LogP contribution in [0.4, 0.5) is 14.6 Å². The molecule has 0 saturated heterocycles.